The maximum Gasteiger partial charge on any atom is 0.225 e. The van der Waals surface area contributed by atoms with E-state index in [4.69, 9.17) is 0 Å². The van der Waals surface area contributed by atoms with E-state index in [0.29, 0.717) is 5.92 Å². The van der Waals surface area contributed by atoms with Crippen molar-refractivity contribution in [2.24, 2.45) is 11.8 Å². The monoisotopic (exact) mass is 252 g/mol. The van der Waals surface area contributed by atoms with Crippen molar-refractivity contribution >= 4 is 17.2 Å². The molecule has 4 heteroatoms. The van der Waals surface area contributed by atoms with Gasteiger partial charge >= 0.3 is 0 Å². The van der Waals surface area contributed by atoms with E-state index in [1.165, 1.54) is 4.88 Å². The van der Waals surface area contributed by atoms with Crippen molar-refractivity contribution < 1.29 is 4.79 Å². The van der Waals surface area contributed by atoms with Crippen molar-refractivity contribution in [2.75, 3.05) is 26.7 Å². The number of hydrogen-bond acceptors (Lipinski definition) is 3. The fraction of sp³-hybridized carbons (Fsp3) is 0.615. The minimum atomic E-state index is 0.157. The predicted molar refractivity (Wildman–Crippen MR) is 71.2 cm³/mol. The number of amides is 1. The molecule has 1 aliphatic rings. The first-order valence-corrected chi connectivity index (χ1v) is 7.04. The number of nitrogens with one attached hydrogen (secondary N) is 1. The minimum absolute atomic E-state index is 0.157. The van der Waals surface area contributed by atoms with Gasteiger partial charge in [-0.3, -0.25) is 4.79 Å². The fourth-order valence-corrected chi connectivity index (χ4v) is 2.75. The van der Waals surface area contributed by atoms with Gasteiger partial charge in [0.2, 0.25) is 5.91 Å². The van der Waals surface area contributed by atoms with Crippen LogP contribution in [-0.4, -0.2) is 37.5 Å². The van der Waals surface area contributed by atoms with Crippen LogP contribution in [0.25, 0.3) is 0 Å². The minimum Gasteiger partial charge on any atom is -0.345 e. The van der Waals surface area contributed by atoms with Crippen LogP contribution in [-0.2, 0) is 11.2 Å². The van der Waals surface area contributed by atoms with Crippen molar-refractivity contribution in [1.29, 1.82) is 0 Å². The van der Waals surface area contributed by atoms with Crippen molar-refractivity contribution in [2.45, 2.75) is 13.3 Å². The number of likely N-dealkylation sites (N-methyl/N-ethyl adjacent to an activating group) is 1. The van der Waals surface area contributed by atoms with Crippen LogP contribution < -0.4 is 5.32 Å². The van der Waals surface area contributed by atoms with E-state index < -0.39 is 0 Å². The molecule has 0 bridgehead atoms. The van der Waals surface area contributed by atoms with Gasteiger partial charge < -0.3 is 10.2 Å². The zero-order valence-corrected chi connectivity index (χ0v) is 11.3. The van der Waals surface area contributed by atoms with E-state index in [2.05, 4.69) is 29.8 Å². The summed E-state index contributed by atoms with van der Waals surface area (Å²) in [4.78, 5) is 15.4. The van der Waals surface area contributed by atoms with Gasteiger partial charge in [0.1, 0.15) is 0 Å². The molecule has 2 rings (SSSR count). The SMILES string of the molecule is CC(C(=O)N(C)CCc1cccs1)C1CNC1. The summed E-state index contributed by atoms with van der Waals surface area (Å²) in [6.45, 7) is 4.86. The summed E-state index contributed by atoms with van der Waals surface area (Å²) in [7, 11) is 1.92. The van der Waals surface area contributed by atoms with Gasteiger partial charge in [0.15, 0.2) is 0 Å². The van der Waals surface area contributed by atoms with Crippen LogP contribution in [0.15, 0.2) is 17.5 Å². The quantitative estimate of drug-likeness (QED) is 0.863. The van der Waals surface area contributed by atoms with Gasteiger partial charge in [-0.15, -0.1) is 11.3 Å². The van der Waals surface area contributed by atoms with Crippen LogP contribution in [0.4, 0.5) is 0 Å². The van der Waals surface area contributed by atoms with Gasteiger partial charge in [0.05, 0.1) is 0 Å². The number of carbonyl (C=O) groups excluding carboxylic acids is 1. The summed E-state index contributed by atoms with van der Waals surface area (Å²) in [6.07, 6.45) is 0.968. The Bertz CT molecular complexity index is 360. The van der Waals surface area contributed by atoms with E-state index >= 15 is 0 Å². The van der Waals surface area contributed by atoms with Crippen molar-refractivity contribution in [1.82, 2.24) is 10.2 Å². The van der Waals surface area contributed by atoms with Gasteiger partial charge in [-0.25, -0.2) is 0 Å². The Hall–Kier alpha value is -0.870. The highest BCUT2D eigenvalue weighted by atomic mass is 32.1. The lowest BCUT2D eigenvalue weighted by molar-refractivity contribution is -0.136. The van der Waals surface area contributed by atoms with Crippen molar-refractivity contribution in [3.8, 4) is 0 Å². The van der Waals surface area contributed by atoms with E-state index in [0.717, 1.165) is 26.1 Å². The summed E-state index contributed by atoms with van der Waals surface area (Å²) < 4.78 is 0. The predicted octanol–water partition coefficient (Wildman–Crippen LogP) is 1.60. The summed E-state index contributed by atoms with van der Waals surface area (Å²) in [5, 5.41) is 5.30. The molecule has 1 amide bonds. The lowest BCUT2D eigenvalue weighted by atomic mass is 9.88. The fourth-order valence-electron chi connectivity index (χ4n) is 2.06. The van der Waals surface area contributed by atoms with E-state index in [1.54, 1.807) is 11.3 Å². The molecule has 1 fully saturated rings. The second-order valence-electron chi connectivity index (χ2n) is 4.80. The Morgan fingerprint density at radius 3 is 2.94 bits per heavy atom. The molecule has 0 aromatic carbocycles. The molecule has 17 heavy (non-hydrogen) atoms. The maximum atomic E-state index is 12.1. The molecular formula is C13H20N2OS. The molecule has 1 atom stereocenters. The molecule has 0 radical (unpaired) electrons. The van der Waals surface area contributed by atoms with Gasteiger partial charge in [0, 0.05) is 24.4 Å². The molecule has 1 N–H and O–H groups in total. The molecule has 0 spiro atoms. The third-order valence-electron chi connectivity index (χ3n) is 3.56. The Morgan fingerprint density at radius 2 is 2.41 bits per heavy atom. The molecule has 0 aliphatic carbocycles. The molecule has 2 heterocycles. The van der Waals surface area contributed by atoms with Gasteiger partial charge in [-0.1, -0.05) is 13.0 Å². The average molecular weight is 252 g/mol. The smallest absolute Gasteiger partial charge is 0.225 e. The first-order valence-electron chi connectivity index (χ1n) is 6.16. The molecule has 1 aliphatic heterocycles. The number of hydrogen-bond donors (Lipinski definition) is 1. The van der Waals surface area contributed by atoms with Crippen molar-refractivity contribution in [3.05, 3.63) is 22.4 Å². The Labute approximate surface area is 107 Å². The van der Waals surface area contributed by atoms with Crippen LogP contribution in [0, 0.1) is 11.8 Å². The van der Waals surface area contributed by atoms with Crippen LogP contribution >= 0.6 is 11.3 Å². The van der Waals surface area contributed by atoms with E-state index in [-0.39, 0.29) is 11.8 Å². The van der Waals surface area contributed by atoms with Gasteiger partial charge in [0.25, 0.3) is 0 Å². The first kappa shape index (κ1) is 12.6. The number of carbonyl (C=O) groups is 1. The highest BCUT2D eigenvalue weighted by molar-refractivity contribution is 7.09. The summed E-state index contributed by atoms with van der Waals surface area (Å²) in [5.74, 6) is 0.976. The van der Waals surface area contributed by atoms with Gasteiger partial charge in [-0.05, 0) is 36.9 Å². The third-order valence-corrected chi connectivity index (χ3v) is 4.50. The number of thiophene rings is 1. The molecule has 94 valence electrons. The lowest BCUT2D eigenvalue weighted by Crippen LogP contribution is -2.50. The highest BCUT2D eigenvalue weighted by Gasteiger charge is 2.30. The van der Waals surface area contributed by atoms with E-state index in [9.17, 15) is 4.79 Å². The summed E-state index contributed by atoms with van der Waals surface area (Å²) >= 11 is 1.76. The van der Waals surface area contributed by atoms with Crippen molar-refractivity contribution in [3.63, 3.8) is 0 Å². The molecule has 1 aromatic heterocycles. The number of rotatable bonds is 5. The Morgan fingerprint density at radius 1 is 1.65 bits per heavy atom. The molecule has 1 saturated heterocycles. The second-order valence-corrected chi connectivity index (χ2v) is 5.83. The van der Waals surface area contributed by atoms with Crippen LogP contribution in [0.2, 0.25) is 0 Å². The normalized spacial score (nSPS) is 17.5. The second kappa shape index (κ2) is 5.65. The first-order chi connectivity index (χ1) is 8.18. The highest BCUT2D eigenvalue weighted by Crippen LogP contribution is 2.18. The molecule has 1 unspecified atom stereocenters. The molecule has 0 saturated carbocycles. The third kappa shape index (κ3) is 3.07. The average Bonchev–Trinajstić information content (AvgIpc) is 2.75. The largest absolute Gasteiger partial charge is 0.345 e. The summed E-state index contributed by atoms with van der Waals surface area (Å²) in [6, 6.07) is 4.19. The Kier molecular flexibility index (Phi) is 4.18. The molecular weight excluding hydrogens is 232 g/mol. The zero-order chi connectivity index (χ0) is 12.3. The number of nitrogens with zero attached hydrogens (tertiary/aromatic N) is 1. The summed E-state index contributed by atoms with van der Waals surface area (Å²) in [5.41, 5.74) is 0. The lowest BCUT2D eigenvalue weighted by Gasteiger charge is -2.33. The van der Waals surface area contributed by atoms with Crippen LogP contribution in [0.5, 0.6) is 0 Å². The van der Waals surface area contributed by atoms with E-state index in [1.807, 2.05) is 11.9 Å². The Balaban J connectivity index is 1.78. The van der Waals surface area contributed by atoms with Gasteiger partial charge in [-0.2, -0.15) is 0 Å². The maximum absolute atomic E-state index is 12.1. The topological polar surface area (TPSA) is 32.3 Å². The van der Waals surface area contributed by atoms with Crippen LogP contribution in [0.1, 0.15) is 11.8 Å². The molecule has 1 aromatic rings. The zero-order valence-electron chi connectivity index (χ0n) is 10.5. The standard InChI is InChI=1S/C13H20N2OS/c1-10(11-8-14-9-11)13(16)15(2)6-5-12-4-3-7-17-12/h3-4,7,10-11,14H,5-6,8-9H2,1-2H3. The molecule has 3 nitrogen and oxygen atoms in total. The van der Waals surface area contributed by atoms with Crippen LogP contribution in [0.3, 0.4) is 0 Å².